The molecule has 0 aliphatic rings. The maximum Gasteiger partial charge on any atom is 0.237 e. The van der Waals surface area contributed by atoms with Crippen molar-refractivity contribution in [2.24, 2.45) is 11.7 Å². The number of carbonyl (C=O) groups excluding carboxylic acids is 1. The Morgan fingerprint density at radius 2 is 2.12 bits per heavy atom. The van der Waals surface area contributed by atoms with E-state index >= 15 is 0 Å². The van der Waals surface area contributed by atoms with Gasteiger partial charge in [0, 0.05) is 12.4 Å². The van der Waals surface area contributed by atoms with Crippen LogP contribution in [0, 0.1) is 5.92 Å². The quantitative estimate of drug-likeness (QED) is 0.816. The van der Waals surface area contributed by atoms with E-state index in [1.807, 2.05) is 13.8 Å². The molecule has 1 aromatic heterocycles. The number of hydrogen-bond donors (Lipinski definition) is 2. The molecule has 1 rings (SSSR count). The number of hydrogen-bond acceptors (Lipinski definition) is 4. The van der Waals surface area contributed by atoms with E-state index < -0.39 is 6.04 Å². The monoisotopic (exact) mass is 242 g/mol. The largest absolute Gasteiger partial charge is 0.349 e. The molecule has 88 valence electrons. The molecule has 0 bridgehead atoms. The summed E-state index contributed by atoms with van der Waals surface area (Å²) in [7, 11) is 0. The van der Waals surface area contributed by atoms with Crippen molar-refractivity contribution in [2.75, 3.05) is 0 Å². The summed E-state index contributed by atoms with van der Waals surface area (Å²) in [6, 6.07) is -0.518. The van der Waals surface area contributed by atoms with Crippen LogP contribution in [0.4, 0.5) is 0 Å². The number of nitrogens with one attached hydrogen (secondary N) is 1. The third-order valence-corrected chi connectivity index (χ3v) is 2.49. The zero-order valence-electron chi connectivity index (χ0n) is 9.27. The van der Waals surface area contributed by atoms with E-state index in [0.29, 0.717) is 10.8 Å². The maximum atomic E-state index is 11.5. The molecular weight excluding hydrogens is 228 g/mol. The minimum absolute atomic E-state index is 0.0947. The summed E-state index contributed by atoms with van der Waals surface area (Å²) in [6.07, 6.45) is 3.02. The van der Waals surface area contributed by atoms with Gasteiger partial charge in [-0.15, -0.1) is 0 Å². The van der Waals surface area contributed by atoms with Gasteiger partial charge < -0.3 is 11.1 Å². The van der Waals surface area contributed by atoms with Gasteiger partial charge in [-0.1, -0.05) is 25.4 Å². The van der Waals surface area contributed by atoms with Crippen molar-refractivity contribution in [1.29, 1.82) is 0 Å². The summed E-state index contributed by atoms with van der Waals surface area (Å²) in [5, 5.41) is 2.96. The van der Waals surface area contributed by atoms with Crippen LogP contribution in [0.2, 0.25) is 5.15 Å². The van der Waals surface area contributed by atoms with Crippen LogP contribution in [0.1, 0.15) is 19.5 Å². The third-order valence-electron chi connectivity index (χ3n) is 2.17. The standard InChI is InChI=1S/C10H15ClN4O/c1-6(2)8(12)10(16)15-5-7-9(11)14-4-3-13-7/h3-4,6,8H,5,12H2,1-2H3,(H,15,16)/t8-/m0/s1. The van der Waals surface area contributed by atoms with E-state index in [9.17, 15) is 4.79 Å². The number of nitrogens with two attached hydrogens (primary N) is 1. The van der Waals surface area contributed by atoms with Crippen LogP contribution in [0.3, 0.4) is 0 Å². The Bertz CT molecular complexity index is 370. The molecule has 1 amide bonds. The molecule has 0 aromatic carbocycles. The Morgan fingerprint density at radius 1 is 1.50 bits per heavy atom. The fourth-order valence-electron chi connectivity index (χ4n) is 1.06. The number of nitrogens with zero attached hydrogens (tertiary/aromatic N) is 2. The number of amides is 1. The highest BCUT2D eigenvalue weighted by atomic mass is 35.5. The SMILES string of the molecule is CC(C)[C@H](N)C(=O)NCc1nccnc1Cl. The van der Waals surface area contributed by atoms with Gasteiger partial charge in [0.05, 0.1) is 18.3 Å². The van der Waals surface area contributed by atoms with Gasteiger partial charge in [-0.25, -0.2) is 4.98 Å². The first-order valence-corrected chi connectivity index (χ1v) is 5.39. The predicted octanol–water partition coefficient (Wildman–Crippen LogP) is 0.730. The second kappa shape index (κ2) is 5.77. The molecule has 0 saturated heterocycles. The van der Waals surface area contributed by atoms with E-state index in [4.69, 9.17) is 17.3 Å². The van der Waals surface area contributed by atoms with Crippen molar-refractivity contribution in [3.63, 3.8) is 0 Å². The highest BCUT2D eigenvalue weighted by Crippen LogP contribution is 2.07. The second-order valence-electron chi connectivity index (χ2n) is 3.78. The molecular formula is C10H15ClN4O. The van der Waals surface area contributed by atoms with E-state index in [-0.39, 0.29) is 18.4 Å². The molecule has 0 radical (unpaired) electrons. The summed E-state index contributed by atoms with van der Waals surface area (Å²) in [5.41, 5.74) is 6.22. The second-order valence-corrected chi connectivity index (χ2v) is 4.14. The molecule has 6 heteroatoms. The van der Waals surface area contributed by atoms with Crippen molar-refractivity contribution >= 4 is 17.5 Å². The number of halogens is 1. The molecule has 0 fully saturated rings. The minimum atomic E-state index is -0.518. The Morgan fingerprint density at radius 3 is 2.69 bits per heavy atom. The van der Waals surface area contributed by atoms with Crippen LogP contribution in [0.25, 0.3) is 0 Å². The van der Waals surface area contributed by atoms with Gasteiger partial charge in [-0.05, 0) is 5.92 Å². The summed E-state index contributed by atoms with van der Waals surface area (Å²) < 4.78 is 0. The summed E-state index contributed by atoms with van der Waals surface area (Å²) in [5.74, 6) is -0.117. The lowest BCUT2D eigenvalue weighted by Crippen LogP contribution is -2.43. The zero-order chi connectivity index (χ0) is 12.1. The molecule has 3 N–H and O–H groups in total. The lowest BCUT2D eigenvalue weighted by Gasteiger charge is -2.15. The van der Waals surface area contributed by atoms with Crippen LogP contribution in [0.15, 0.2) is 12.4 Å². The first-order chi connectivity index (χ1) is 7.52. The van der Waals surface area contributed by atoms with Gasteiger partial charge >= 0.3 is 0 Å². The average Bonchev–Trinajstić information content (AvgIpc) is 2.26. The molecule has 1 atom stereocenters. The smallest absolute Gasteiger partial charge is 0.237 e. The highest BCUT2D eigenvalue weighted by Gasteiger charge is 2.17. The Kier molecular flexibility index (Phi) is 4.64. The Balaban J connectivity index is 2.52. The van der Waals surface area contributed by atoms with E-state index in [2.05, 4.69) is 15.3 Å². The minimum Gasteiger partial charge on any atom is -0.349 e. The van der Waals surface area contributed by atoms with Crippen LogP contribution in [-0.2, 0) is 11.3 Å². The number of rotatable bonds is 4. The molecule has 0 saturated carbocycles. The third kappa shape index (κ3) is 3.43. The molecule has 1 heterocycles. The van der Waals surface area contributed by atoms with Gasteiger partial charge in [-0.2, -0.15) is 0 Å². The number of carbonyl (C=O) groups is 1. The van der Waals surface area contributed by atoms with E-state index in [0.717, 1.165) is 0 Å². The fourth-order valence-corrected chi connectivity index (χ4v) is 1.23. The average molecular weight is 243 g/mol. The summed E-state index contributed by atoms with van der Waals surface area (Å²) >= 11 is 5.79. The van der Waals surface area contributed by atoms with Crippen molar-refractivity contribution in [2.45, 2.75) is 26.4 Å². The summed E-state index contributed by atoms with van der Waals surface area (Å²) in [4.78, 5) is 19.4. The van der Waals surface area contributed by atoms with E-state index in [1.165, 1.54) is 12.4 Å². The Hall–Kier alpha value is -1.20. The molecule has 0 unspecified atom stereocenters. The molecule has 0 aliphatic carbocycles. The van der Waals surface area contributed by atoms with Gasteiger partial charge in [-0.3, -0.25) is 9.78 Å². The zero-order valence-corrected chi connectivity index (χ0v) is 10.0. The van der Waals surface area contributed by atoms with Gasteiger partial charge in [0.1, 0.15) is 0 Å². The predicted molar refractivity (Wildman–Crippen MR) is 61.7 cm³/mol. The molecule has 0 spiro atoms. The number of aromatic nitrogens is 2. The highest BCUT2D eigenvalue weighted by molar-refractivity contribution is 6.29. The maximum absolute atomic E-state index is 11.5. The molecule has 0 aliphatic heterocycles. The van der Waals surface area contributed by atoms with Crippen molar-refractivity contribution in [3.05, 3.63) is 23.2 Å². The van der Waals surface area contributed by atoms with Gasteiger partial charge in [0.2, 0.25) is 5.91 Å². The molecule has 5 nitrogen and oxygen atoms in total. The van der Waals surface area contributed by atoms with Crippen molar-refractivity contribution in [1.82, 2.24) is 15.3 Å². The fraction of sp³-hybridized carbons (Fsp3) is 0.500. The van der Waals surface area contributed by atoms with E-state index in [1.54, 1.807) is 0 Å². The summed E-state index contributed by atoms with van der Waals surface area (Å²) in [6.45, 7) is 4.02. The van der Waals surface area contributed by atoms with Crippen molar-refractivity contribution < 1.29 is 4.79 Å². The lowest BCUT2D eigenvalue weighted by atomic mass is 10.1. The first-order valence-electron chi connectivity index (χ1n) is 5.01. The van der Waals surface area contributed by atoms with Gasteiger partial charge in [0.15, 0.2) is 5.15 Å². The van der Waals surface area contributed by atoms with Gasteiger partial charge in [0.25, 0.3) is 0 Å². The van der Waals surface area contributed by atoms with Crippen LogP contribution in [-0.4, -0.2) is 21.9 Å². The lowest BCUT2D eigenvalue weighted by molar-refractivity contribution is -0.123. The van der Waals surface area contributed by atoms with Crippen molar-refractivity contribution in [3.8, 4) is 0 Å². The normalized spacial score (nSPS) is 12.6. The van der Waals surface area contributed by atoms with Crippen LogP contribution < -0.4 is 11.1 Å². The molecule has 16 heavy (non-hydrogen) atoms. The van der Waals surface area contributed by atoms with Crippen LogP contribution >= 0.6 is 11.6 Å². The molecule has 1 aromatic rings. The Labute approximate surface area is 99.4 Å². The topological polar surface area (TPSA) is 80.9 Å². The van der Waals surface area contributed by atoms with Crippen LogP contribution in [0.5, 0.6) is 0 Å². The first kappa shape index (κ1) is 12.9.